The highest BCUT2D eigenvalue weighted by molar-refractivity contribution is 7.99. The number of hydrogen-bond donors (Lipinski definition) is 1. The van der Waals surface area contributed by atoms with Gasteiger partial charge < -0.3 is 10.1 Å². The van der Waals surface area contributed by atoms with Crippen LogP contribution in [0, 0.1) is 0 Å². The van der Waals surface area contributed by atoms with E-state index in [1.807, 2.05) is 53.1 Å². The van der Waals surface area contributed by atoms with Crippen molar-refractivity contribution in [3.63, 3.8) is 0 Å². The number of benzene rings is 2. The molecule has 0 saturated carbocycles. The van der Waals surface area contributed by atoms with Crippen LogP contribution in [0.5, 0.6) is 5.75 Å². The van der Waals surface area contributed by atoms with Crippen LogP contribution < -0.4 is 10.1 Å². The average molecular weight is 423 g/mol. The number of rotatable bonds is 9. The number of anilines is 1. The molecule has 0 atom stereocenters. The Morgan fingerprint density at radius 3 is 2.60 bits per heavy atom. The van der Waals surface area contributed by atoms with E-state index in [-0.39, 0.29) is 11.7 Å². The maximum absolute atomic E-state index is 12.6. The number of allylic oxidation sites excluding steroid dienone is 1. The minimum Gasteiger partial charge on any atom is -0.497 e. The van der Waals surface area contributed by atoms with Crippen LogP contribution in [-0.4, -0.2) is 33.5 Å². The largest absolute Gasteiger partial charge is 0.497 e. The number of amides is 1. The summed E-state index contributed by atoms with van der Waals surface area (Å²) in [5.41, 5.74) is 2.89. The summed E-state index contributed by atoms with van der Waals surface area (Å²) < 4.78 is 7.17. The summed E-state index contributed by atoms with van der Waals surface area (Å²) in [5.74, 6) is 2.00. The van der Waals surface area contributed by atoms with Gasteiger partial charge in [0.15, 0.2) is 11.0 Å². The maximum Gasteiger partial charge on any atom is 0.234 e. The quantitative estimate of drug-likeness (QED) is 0.388. The number of nitrogens with zero attached hydrogens (tertiary/aromatic N) is 3. The molecule has 0 bridgehead atoms. The molecule has 1 amide bonds. The molecule has 0 saturated heterocycles. The summed E-state index contributed by atoms with van der Waals surface area (Å²) in [4.78, 5) is 12.6. The summed E-state index contributed by atoms with van der Waals surface area (Å²) in [5, 5.41) is 12.3. The third-order valence-electron chi connectivity index (χ3n) is 4.57. The number of thioether (sulfide) groups is 1. The highest BCUT2D eigenvalue weighted by Crippen LogP contribution is 2.27. The molecule has 0 spiro atoms. The van der Waals surface area contributed by atoms with Gasteiger partial charge in [0, 0.05) is 17.8 Å². The van der Waals surface area contributed by atoms with Crippen molar-refractivity contribution in [2.24, 2.45) is 0 Å². The normalized spacial score (nSPS) is 10.8. The van der Waals surface area contributed by atoms with Gasteiger partial charge in [-0.25, -0.2) is 0 Å². The Hall–Kier alpha value is -3.06. The summed E-state index contributed by atoms with van der Waals surface area (Å²) in [6.07, 6.45) is 1.79. The monoisotopic (exact) mass is 422 g/mol. The van der Waals surface area contributed by atoms with Crippen molar-refractivity contribution in [1.82, 2.24) is 14.8 Å². The van der Waals surface area contributed by atoms with E-state index >= 15 is 0 Å². The zero-order chi connectivity index (χ0) is 21.5. The van der Waals surface area contributed by atoms with Crippen molar-refractivity contribution < 1.29 is 9.53 Å². The Kier molecular flexibility index (Phi) is 7.30. The number of carbonyl (C=O) groups is 1. The van der Waals surface area contributed by atoms with Crippen LogP contribution >= 0.6 is 11.8 Å². The number of ether oxygens (including phenoxy) is 1. The summed E-state index contributed by atoms with van der Waals surface area (Å²) >= 11 is 1.36. The fraction of sp³-hybridized carbons (Fsp3) is 0.261. The highest BCUT2D eigenvalue weighted by atomic mass is 32.2. The summed E-state index contributed by atoms with van der Waals surface area (Å²) in [6, 6.07) is 15.5. The highest BCUT2D eigenvalue weighted by Gasteiger charge is 2.16. The molecule has 7 heteroatoms. The van der Waals surface area contributed by atoms with Crippen LogP contribution in [0.1, 0.15) is 25.3 Å². The fourth-order valence-electron chi connectivity index (χ4n) is 3.07. The second kappa shape index (κ2) is 10.1. The molecular formula is C23H26N4O2S. The van der Waals surface area contributed by atoms with Crippen LogP contribution in [0.3, 0.4) is 0 Å². The minimum atomic E-state index is -0.0766. The molecule has 0 aliphatic carbocycles. The van der Waals surface area contributed by atoms with E-state index in [1.165, 1.54) is 11.8 Å². The smallest absolute Gasteiger partial charge is 0.234 e. The first-order chi connectivity index (χ1) is 14.5. The Labute approximate surface area is 181 Å². The molecule has 30 heavy (non-hydrogen) atoms. The number of methoxy groups -OCH3 is 1. The lowest BCUT2D eigenvalue weighted by Gasteiger charge is -2.13. The van der Waals surface area contributed by atoms with E-state index in [2.05, 4.69) is 35.9 Å². The zero-order valence-electron chi connectivity index (χ0n) is 17.5. The Balaban J connectivity index is 1.73. The first-order valence-corrected chi connectivity index (χ1v) is 10.7. The van der Waals surface area contributed by atoms with Gasteiger partial charge in [0.2, 0.25) is 5.91 Å². The molecule has 0 aliphatic rings. The first kappa shape index (κ1) is 21.6. The van der Waals surface area contributed by atoms with E-state index in [0.717, 1.165) is 28.4 Å². The standard InChI is InChI=1S/C23H26N4O2S/c1-5-14-27-22(17-10-12-18(29-4)13-11-17)25-26-23(27)30-15-21(28)24-20-9-7-6-8-19(20)16(2)3/h5-13,16H,1,14-15H2,2-4H3,(H,24,28). The van der Waals surface area contributed by atoms with Gasteiger partial charge in [0.25, 0.3) is 0 Å². The molecule has 1 aromatic heterocycles. The second-order valence-electron chi connectivity index (χ2n) is 7.01. The van der Waals surface area contributed by atoms with Crippen molar-refractivity contribution in [3.8, 4) is 17.1 Å². The topological polar surface area (TPSA) is 69.0 Å². The van der Waals surface area contributed by atoms with E-state index in [0.29, 0.717) is 17.6 Å². The van der Waals surface area contributed by atoms with Crippen molar-refractivity contribution in [1.29, 1.82) is 0 Å². The van der Waals surface area contributed by atoms with Gasteiger partial charge in [0.05, 0.1) is 12.9 Å². The molecule has 3 aromatic rings. The third-order valence-corrected chi connectivity index (χ3v) is 5.53. The molecule has 6 nitrogen and oxygen atoms in total. The summed E-state index contributed by atoms with van der Waals surface area (Å²) in [7, 11) is 1.63. The van der Waals surface area contributed by atoms with Crippen LogP contribution in [0.2, 0.25) is 0 Å². The number of para-hydroxylation sites is 1. The predicted molar refractivity (Wildman–Crippen MR) is 122 cm³/mol. The maximum atomic E-state index is 12.6. The van der Waals surface area contributed by atoms with Gasteiger partial charge in [-0.1, -0.05) is 49.9 Å². The molecule has 0 aliphatic heterocycles. The molecule has 1 N–H and O–H groups in total. The Bertz CT molecular complexity index is 1010. The van der Waals surface area contributed by atoms with Crippen LogP contribution in [0.4, 0.5) is 5.69 Å². The number of aromatic nitrogens is 3. The number of hydrogen-bond acceptors (Lipinski definition) is 5. The van der Waals surface area contributed by atoms with E-state index in [9.17, 15) is 4.79 Å². The molecular weight excluding hydrogens is 396 g/mol. The molecule has 0 radical (unpaired) electrons. The van der Waals surface area contributed by atoms with Crippen molar-refractivity contribution in [2.45, 2.75) is 31.5 Å². The predicted octanol–water partition coefficient (Wildman–Crippen LogP) is 4.99. The molecule has 0 fully saturated rings. The Morgan fingerprint density at radius 1 is 1.20 bits per heavy atom. The molecule has 0 unspecified atom stereocenters. The van der Waals surface area contributed by atoms with Crippen molar-refractivity contribution in [2.75, 3.05) is 18.2 Å². The third kappa shape index (κ3) is 5.10. The van der Waals surface area contributed by atoms with Crippen LogP contribution in [0.25, 0.3) is 11.4 Å². The fourth-order valence-corrected chi connectivity index (χ4v) is 3.82. The van der Waals surface area contributed by atoms with Gasteiger partial charge in [0.1, 0.15) is 5.75 Å². The van der Waals surface area contributed by atoms with Crippen molar-refractivity contribution in [3.05, 3.63) is 66.7 Å². The van der Waals surface area contributed by atoms with E-state index < -0.39 is 0 Å². The summed E-state index contributed by atoms with van der Waals surface area (Å²) in [6.45, 7) is 8.60. The Morgan fingerprint density at radius 2 is 1.93 bits per heavy atom. The van der Waals surface area contributed by atoms with Crippen LogP contribution in [0.15, 0.2) is 66.3 Å². The van der Waals surface area contributed by atoms with E-state index in [1.54, 1.807) is 13.2 Å². The molecule has 1 heterocycles. The van der Waals surface area contributed by atoms with Gasteiger partial charge in [-0.2, -0.15) is 0 Å². The van der Waals surface area contributed by atoms with Gasteiger partial charge in [-0.15, -0.1) is 16.8 Å². The van der Waals surface area contributed by atoms with Gasteiger partial charge in [-0.3, -0.25) is 9.36 Å². The number of carbonyl (C=O) groups excluding carboxylic acids is 1. The lowest BCUT2D eigenvalue weighted by atomic mass is 10.0. The zero-order valence-corrected chi connectivity index (χ0v) is 18.3. The lowest BCUT2D eigenvalue weighted by molar-refractivity contribution is -0.113. The van der Waals surface area contributed by atoms with Crippen LogP contribution in [-0.2, 0) is 11.3 Å². The SMILES string of the molecule is C=CCn1c(SCC(=O)Nc2ccccc2C(C)C)nnc1-c1ccc(OC)cc1. The average Bonchev–Trinajstić information content (AvgIpc) is 3.15. The van der Waals surface area contributed by atoms with Crippen molar-refractivity contribution >= 4 is 23.4 Å². The second-order valence-corrected chi connectivity index (χ2v) is 7.96. The molecule has 156 valence electrons. The minimum absolute atomic E-state index is 0.0766. The molecule has 2 aromatic carbocycles. The lowest BCUT2D eigenvalue weighted by Crippen LogP contribution is -2.16. The van der Waals surface area contributed by atoms with E-state index in [4.69, 9.17) is 4.74 Å². The van der Waals surface area contributed by atoms with Gasteiger partial charge in [-0.05, 0) is 41.8 Å². The first-order valence-electron chi connectivity index (χ1n) is 9.73. The van der Waals surface area contributed by atoms with Gasteiger partial charge >= 0.3 is 0 Å². The molecule has 3 rings (SSSR count). The number of nitrogens with one attached hydrogen (secondary N) is 1.